The molecule has 0 aromatic carbocycles. The molecular weight excluding hydrogens is 230 g/mol. The van der Waals surface area contributed by atoms with Crippen LogP contribution in [0.15, 0.2) is 12.1 Å². The largest absolute Gasteiger partial charge is 0.386 e. The maximum Gasteiger partial charge on any atom is 0.107 e. The highest BCUT2D eigenvalue weighted by Crippen LogP contribution is 2.51. The lowest BCUT2D eigenvalue weighted by atomic mass is 9.66. The molecule has 3 heteroatoms. The van der Waals surface area contributed by atoms with Crippen molar-refractivity contribution < 1.29 is 5.11 Å². The summed E-state index contributed by atoms with van der Waals surface area (Å²) in [7, 11) is 0. The van der Waals surface area contributed by atoms with Crippen molar-refractivity contribution in [3.8, 4) is 6.07 Å². The molecule has 92 valence electrons. The minimum absolute atomic E-state index is 0.113. The first-order chi connectivity index (χ1) is 7.89. The summed E-state index contributed by atoms with van der Waals surface area (Å²) in [6.45, 7) is 6.50. The minimum Gasteiger partial charge on any atom is -0.386 e. The molecule has 1 saturated carbocycles. The second-order valence-electron chi connectivity index (χ2n) is 5.98. The van der Waals surface area contributed by atoms with Crippen molar-refractivity contribution in [3.63, 3.8) is 0 Å². The maximum absolute atomic E-state index is 10.4. The van der Waals surface area contributed by atoms with E-state index in [-0.39, 0.29) is 5.41 Å². The molecule has 0 saturated heterocycles. The molecule has 1 aliphatic rings. The van der Waals surface area contributed by atoms with Gasteiger partial charge in [0, 0.05) is 9.75 Å². The molecule has 1 aromatic heterocycles. The van der Waals surface area contributed by atoms with Gasteiger partial charge in [-0.15, -0.1) is 11.3 Å². The van der Waals surface area contributed by atoms with Crippen LogP contribution in [0.1, 0.15) is 55.9 Å². The summed E-state index contributed by atoms with van der Waals surface area (Å²) in [6.07, 6.45) is 2.10. The summed E-state index contributed by atoms with van der Waals surface area (Å²) in [5.74, 6) is 0. The maximum atomic E-state index is 10.4. The molecule has 0 aliphatic heterocycles. The molecule has 1 atom stereocenters. The van der Waals surface area contributed by atoms with E-state index >= 15 is 0 Å². The summed E-state index contributed by atoms with van der Waals surface area (Å²) in [4.78, 5) is 2.20. The number of hydrogen-bond acceptors (Lipinski definition) is 3. The van der Waals surface area contributed by atoms with Gasteiger partial charge in [-0.05, 0) is 30.4 Å². The third-order valence-electron chi connectivity index (χ3n) is 3.63. The topological polar surface area (TPSA) is 44.0 Å². The molecule has 0 radical (unpaired) electrons. The highest BCUT2D eigenvalue weighted by atomic mass is 32.1. The SMILES string of the molecule is CC(C)(C)c1ccc(C(O)C2(C#N)CCC2)s1. The van der Waals surface area contributed by atoms with E-state index in [2.05, 4.69) is 32.9 Å². The lowest BCUT2D eigenvalue weighted by molar-refractivity contribution is 0.0104. The second kappa shape index (κ2) is 4.12. The van der Waals surface area contributed by atoms with Crippen molar-refractivity contribution in [2.24, 2.45) is 5.41 Å². The summed E-state index contributed by atoms with van der Waals surface area (Å²) < 4.78 is 0. The van der Waals surface area contributed by atoms with Gasteiger partial charge in [-0.25, -0.2) is 0 Å². The lowest BCUT2D eigenvalue weighted by Gasteiger charge is -2.38. The Kier molecular flexibility index (Phi) is 3.05. The number of thiophene rings is 1. The number of hydrogen-bond donors (Lipinski definition) is 1. The van der Waals surface area contributed by atoms with E-state index in [1.54, 1.807) is 11.3 Å². The van der Waals surface area contributed by atoms with Crippen LogP contribution in [0, 0.1) is 16.7 Å². The van der Waals surface area contributed by atoms with Crippen LogP contribution < -0.4 is 0 Å². The zero-order chi connectivity index (χ0) is 12.7. The van der Waals surface area contributed by atoms with E-state index in [9.17, 15) is 10.4 Å². The normalized spacial score (nSPS) is 20.4. The number of rotatable bonds is 2. The van der Waals surface area contributed by atoms with Crippen molar-refractivity contribution in [1.82, 2.24) is 0 Å². The van der Waals surface area contributed by atoms with Crippen LogP contribution in [-0.4, -0.2) is 5.11 Å². The lowest BCUT2D eigenvalue weighted by Crippen LogP contribution is -2.34. The fourth-order valence-corrected chi connectivity index (χ4v) is 3.35. The molecule has 1 fully saturated rings. The number of nitriles is 1. The predicted octanol–water partition coefficient (Wildman–Crippen LogP) is 3.77. The Balaban J connectivity index is 2.24. The number of nitrogens with zero attached hydrogens (tertiary/aromatic N) is 1. The zero-order valence-electron chi connectivity index (χ0n) is 10.7. The van der Waals surface area contributed by atoms with E-state index in [0.29, 0.717) is 0 Å². The Morgan fingerprint density at radius 3 is 2.41 bits per heavy atom. The first-order valence-corrected chi connectivity index (χ1v) is 6.90. The van der Waals surface area contributed by atoms with E-state index in [4.69, 9.17) is 0 Å². The molecule has 0 bridgehead atoms. The number of aliphatic hydroxyl groups excluding tert-OH is 1. The third kappa shape index (κ3) is 2.12. The van der Waals surface area contributed by atoms with Crippen molar-refractivity contribution in [3.05, 3.63) is 21.9 Å². The molecule has 0 amide bonds. The fourth-order valence-electron chi connectivity index (χ4n) is 2.18. The molecular formula is C14H19NOS. The average Bonchev–Trinajstić information content (AvgIpc) is 2.64. The fraction of sp³-hybridized carbons (Fsp3) is 0.643. The predicted molar refractivity (Wildman–Crippen MR) is 69.9 cm³/mol. The van der Waals surface area contributed by atoms with Crippen LogP contribution in [-0.2, 0) is 5.41 Å². The highest BCUT2D eigenvalue weighted by Gasteiger charge is 2.45. The molecule has 1 unspecified atom stereocenters. The van der Waals surface area contributed by atoms with Crippen molar-refractivity contribution in [2.45, 2.75) is 51.6 Å². The Morgan fingerprint density at radius 1 is 1.41 bits per heavy atom. The monoisotopic (exact) mass is 249 g/mol. The number of aliphatic hydroxyl groups is 1. The van der Waals surface area contributed by atoms with Crippen LogP contribution in [0.4, 0.5) is 0 Å². The first kappa shape index (κ1) is 12.6. The standard InChI is InChI=1S/C14H19NOS/c1-13(2,3)11-6-5-10(17-11)12(16)14(9-15)7-4-8-14/h5-6,12,16H,4,7-8H2,1-3H3. The Hall–Kier alpha value is -0.850. The van der Waals surface area contributed by atoms with Crippen molar-refractivity contribution >= 4 is 11.3 Å². The molecule has 0 spiro atoms. The zero-order valence-corrected chi connectivity index (χ0v) is 11.5. The Morgan fingerprint density at radius 2 is 2.06 bits per heavy atom. The molecule has 2 rings (SSSR count). The summed E-state index contributed by atoms with van der Waals surface area (Å²) in [6, 6.07) is 6.37. The van der Waals surface area contributed by atoms with Crippen LogP contribution in [0.25, 0.3) is 0 Å². The van der Waals surface area contributed by atoms with E-state index in [1.807, 2.05) is 6.07 Å². The van der Waals surface area contributed by atoms with Gasteiger partial charge in [0.1, 0.15) is 6.10 Å². The molecule has 1 N–H and O–H groups in total. The van der Waals surface area contributed by atoms with Crippen molar-refractivity contribution in [2.75, 3.05) is 0 Å². The van der Waals surface area contributed by atoms with Crippen LogP contribution in [0.2, 0.25) is 0 Å². The smallest absolute Gasteiger partial charge is 0.107 e. The third-order valence-corrected chi connectivity index (χ3v) is 5.19. The van der Waals surface area contributed by atoms with Crippen LogP contribution in [0.5, 0.6) is 0 Å². The average molecular weight is 249 g/mol. The van der Waals surface area contributed by atoms with E-state index in [0.717, 1.165) is 24.1 Å². The second-order valence-corrected chi connectivity index (χ2v) is 7.09. The van der Waals surface area contributed by atoms with Gasteiger partial charge in [0.25, 0.3) is 0 Å². The van der Waals surface area contributed by atoms with Gasteiger partial charge in [0.15, 0.2) is 0 Å². The van der Waals surface area contributed by atoms with Gasteiger partial charge in [-0.2, -0.15) is 5.26 Å². The summed E-state index contributed by atoms with van der Waals surface area (Å²) in [5.41, 5.74) is -0.401. The Labute approximate surface area is 107 Å². The minimum atomic E-state index is -0.609. The molecule has 17 heavy (non-hydrogen) atoms. The van der Waals surface area contributed by atoms with Gasteiger partial charge >= 0.3 is 0 Å². The van der Waals surface area contributed by atoms with E-state index in [1.165, 1.54) is 4.88 Å². The highest BCUT2D eigenvalue weighted by molar-refractivity contribution is 7.12. The van der Waals surface area contributed by atoms with Gasteiger partial charge in [-0.1, -0.05) is 27.2 Å². The van der Waals surface area contributed by atoms with Gasteiger partial charge < -0.3 is 5.11 Å². The molecule has 2 nitrogen and oxygen atoms in total. The van der Waals surface area contributed by atoms with Crippen LogP contribution >= 0.6 is 11.3 Å². The van der Waals surface area contributed by atoms with E-state index < -0.39 is 11.5 Å². The molecule has 1 aromatic rings. The molecule has 1 heterocycles. The van der Waals surface area contributed by atoms with Gasteiger partial charge in [-0.3, -0.25) is 0 Å². The van der Waals surface area contributed by atoms with Crippen molar-refractivity contribution in [1.29, 1.82) is 5.26 Å². The Bertz CT molecular complexity index is 446. The molecule has 1 aliphatic carbocycles. The first-order valence-electron chi connectivity index (χ1n) is 6.09. The summed E-state index contributed by atoms with van der Waals surface area (Å²) >= 11 is 1.64. The van der Waals surface area contributed by atoms with Crippen LogP contribution in [0.3, 0.4) is 0 Å². The van der Waals surface area contributed by atoms with Gasteiger partial charge in [0.2, 0.25) is 0 Å². The summed E-state index contributed by atoms with van der Waals surface area (Å²) in [5, 5.41) is 19.6. The van der Waals surface area contributed by atoms with Gasteiger partial charge in [0.05, 0.1) is 11.5 Å². The quantitative estimate of drug-likeness (QED) is 0.867.